The molecular weight excluding hydrogens is 304 g/mol. The van der Waals surface area contributed by atoms with E-state index in [2.05, 4.69) is 4.99 Å². The van der Waals surface area contributed by atoms with E-state index in [-0.39, 0.29) is 18.0 Å². The molecule has 116 valence electrons. The van der Waals surface area contributed by atoms with Crippen molar-refractivity contribution >= 4 is 5.69 Å². The van der Waals surface area contributed by atoms with Crippen LogP contribution in [0.1, 0.15) is 5.56 Å². The van der Waals surface area contributed by atoms with Gasteiger partial charge in [-0.05, 0) is 12.1 Å². The van der Waals surface area contributed by atoms with Gasteiger partial charge in [-0.1, -0.05) is 36.1 Å². The Morgan fingerprint density at radius 2 is 1.67 bits per heavy atom. The van der Waals surface area contributed by atoms with Crippen molar-refractivity contribution in [2.75, 3.05) is 0 Å². The van der Waals surface area contributed by atoms with Gasteiger partial charge in [0, 0.05) is 27.3 Å². The van der Waals surface area contributed by atoms with Gasteiger partial charge in [0.15, 0.2) is 6.54 Å². The lowest BCUT2D eigenvalue weighted by atomic mass is 10.0. The predicted molar refractivity (Wildman–Crippen MR) is 84.5 cm³/mol. The van der Waals surface area contributed by atoms with Crippen LogP contribution in [0.15, 0.2) is 53.5 Å². The van der Waals surface area contributed by atoms with Crippen LogP contribution >= 0.6 is 0 Å². The lowest BCUT2D eigenvalue weighted by Crippen LogP contribution is -2.29. The van der Waals surface area contributed by atoms with Crippen LogP contribution in [0.5, 0.6) is 11.5 Å². The molecule has 3 aromatic carbocycles. The van der Waals surface area contributed by atoms with E-state index in [4.69, 9.17) is 0 Å². The summed E-state index contributed by atoms with van der Waals surface area (Å²) < 4.78 is 0.795. The van der Waals surface area contributed by atoms with Crippen molar-refractivity contribution in [2.24, 2.45) is 4.99 Å². The highest BCUT2D eigenvalue weighted by molar-refractivity contribution is 5.63. The summed E-state index contributed by atoms with van der Waals surface area (Å²) in [6.45, 7) is -0.0752. The number of hydroxylamine groups is 1. The fourth-order valence-corrected chi connectivity index (χ4v) is 3.59. The highest BCUT2D eigenvalue weighted by atomic mass is 16.5. The summed E-state index contributed by atoms with van der Waals surface area (Å²) in [6, 6.07) is 14.3. The summed E-state index contributed by atoms with van der Waals surface area (Å²) in [6.07, 6.45) is 0. The monoisotopic (exact) mass is 315 g/mol. The lowest BCUT2D eigenvalue weighted by molar-refractivity contribution is -0.270. The van der Waals surface area contributed by atoms with E-state index >= 15 is 0 Å². The Kier molecular flexibility index (Phi) is 2.38. The van der Waals surface area contributed by atoms with Crippen molar-refractivity contribution in [1.29, 1.82) is 0 Å². The first kappa shape index (κ1) is 13.1. The third-order valence-electron chi connectivity index (χ3n) is 4.65. The number of hydrogen-bond acceptors (Lipinski definition) is 4. The maximum atomic E-state index is 13.0. The van der Waals surface area contributed by atoms with Gasteiger partial charge in [0.05, 0.1) is 10.6 Å². The molecule has 0 unspecified atom stereocenters. The summed E-state index contributed by atoms with van der Waals surface area (Å²) in [4.78, 5) is 4.43. The van der Waals surface area contributed by atoms with Crippen LogP contribution in [0.2, 0.25) is 0 Å². The number of benzene rings is 3. The van der Waals surface area contributed by atoms with Crippen molar-refractivity contribution in [3.8, 4) is 11.5 Å². The first-order valence-electron chi connectivity index (χ1n) is 7.61. The second-order valence-corrected chi connectivity index (χ2v) is 5.94. The molecule has 0 bridgehead atoms. The zero-order valence-corrected chi connectivity index (χ0v) is 12.5. The first-order chi connectivity index (χ1) is 11.7. The third kappa shape index (κ3) is 1.48. The molecule has 0 spiro atoms. The van der Waals surface area contributed by atoms with Crippen molar-refractivity contribution < 1.29 is 10.2 Å². The minimum absolute atomic E-state index is 0.0312. The van der Waals surface area contributed by atoms with Gasteiger partial charge >= 0.3 is 0 Å². The summed E-state index contributed by atoms with van der Waals surface area (Å²) >= 11 is 0. The highest BCUT2D eigenvalue weighted by Gasteiger charge is 2.20. The number of hydrogen-bond donors (Lipinski definition) is 1. The molecule has 2 aliphatic heterocycles. The Morgan fingerprint density at radius 1 is 0.958 bits per heavy atom. The maximum Gasteiger partial charge on any atom is 0.219 e. The van der Waals surface area contributed by atoms with Crippen LogP contribution in [0.3, 0.4) is 0 Å². The summed E-state index contributed by atoms with van der Waals surface area (Å²) in [5.74, 6) is -0.266. The van der Waals surface area contributed by atoms with E-state index in [1.807, 2.05) is 18.2 Å². The Hall–Kier alpha value is -3.34. The standard InChI is InChI=1S/C19H12N2O3/c22-18-12-9-21(24)14-8-4-2-6-11(14)15(12)19(23)17-16(18)10-5-1-3-7-13(10)20-17/h1-8,22-23H,9H2/p-1. The SMILES string of the molecule is [O-]c1c2c(c(O)c3c1=c1ccccc1=N3)=c1ccccc1=[N+]([O-])C2. The highest BCUT2D eigenvalue weighted by Crippen LogP contribution is 2.38. The van der Waals surface area contributed by atoms with Crippen LogP contribution in [0.25, 0.3) is 0 Å². The Morgan fingerprint density at radius 3 is 2.50 bits per heavy atom. The second-order valence-electron chi connectivity index (χ2n) is 5.94. The van der Waals surface area contributed by atoms with Gasteiger partial charge in [-0.2, -0.15) is 0 Å². The molecule has 5 heteroatoms. The zero-order valence-electron chi connectivity index (χ0n) is 12.5. The van der Waals surface area contributed by atoms with Gasteiger partial charge in [0.1, 0.15) is 11.4 Å². The fraction of sp³-hybridized carbons (Fsp3) is 0.0526. The molecule has 0 saturated carbocycles. The van der Waals surface area contributed by atoms with E-state index in [1.54, 1.807) is 30.3 Å². The molecule has 0 fully saturated rings. The third-order valence-corrected chi connectivity index (χ3v) is 4.65. The van der Waals surface area contributed by atoms with Crippen molar-refractivity contribution in [1.82, 2.24) is 4.74 Å². The number of fused-ring (bicyclic) bond motifs is 4. The molecule has 0 radical (unpaired) electrons. The number of phenolic OH excluding ortho intramolecular Hbond substituents is 1. The average Bonchev–Trinajstić information content (AvgIpc) is 3.00. The Labute approximate surface area is 135 Å². The van der Waals surface area contributed by atoms with Gasteiger partial charge < -0.3 is 15.4 Å². The van der Waals surface area contributed by atoms with Crippen molar-refractivity contribution in [2.45, 2.75) is 6.54 Å². The number of aromatic hydroxyl groups is 1. The van der Waals surface area contributed by atoms with Crippen LogP contribution in [-0.2, 0) is 6.54 Å². The molecule has 3 aromatic rings. The van der Waals surface area contributed by atoms with Gasteiger partial charge in [0.25, 0.3) is 0 Å². The predicted octanol–water partition coefficient (Wildman–Crippen LogP) is 0.807. The van der Waals surface area contributed by atoms with E-state index in [9.17, 15) is 15.4 Å². The van der Waals surface area contributed by atoms with E-state index in [0.717, 1.165) is 4.74 Å². The zero-order chi connectivity index (χ0) is 16.4. The van der Waals surface area contributed by atoms with E-state index in [0.29, 0.717) is 42.8 Å². The van der Waals surface area contributed by atoms with E-state index in [1.165, 1.54) is 0 Å². The molecule has 0 saturated heterocycles. The molecular formula is C19H11N2O3-. The normalized spacial score (nSPS) is 13.6. The molecule has 2 aliphatic rings. The fourth-order valence-electron chi connectivity index (χ4n) is 3.59. The Bertz CT molecular complexity index is 1360. The maximum absolute atomic E-state index is 13.0. The summed E-state index contributed by atoms with van der Waals surface area (Å²) in [5.41, 5.74) is 0.626. The first-order valence-corrected chi connectivity index (χ1v) is 7.61. The van der Waals surface area contributed by atoms with Crippen LogP contribution in [0, 0.1) is 26.1 Å². The summed E-state index contributed by atoms with van der Waals surface area (Å²) in [5, 5.41) is 39.4. The number of nitrogens with zero attached hydrogens (tertiary/aromatic N) is 2. The molecule has 5 nitrogen and oxygen atoms in total. The minimum Gasteiger partial charge on any atom is -0.872 e. The minimum atomic E-state index is -0.234. The number of rotatable bonds is 0. The smallest absolute Gasteiger partial charge is 0.219 e. The van der Waals surface area contributed by atoms with Gasteiger partial charge in [0.2, 0.25) is 5.36 Å². The van der Waals surface area contributed by atoms with E-state index < -0.39 is 0 Å². The lowest BCUT2D eigenvalue weighted by Gasteiger charge is -2.19. The van der Waals surface area contributed by atoms with Gasteiger partial charge in [-0.25, -0.2) is 9.73 Å². The molecule has 5 rings (SSSR count). The average molecular weight is 315 g/mol. The topological polar surface area (TPSA) is 81.7 Å². The van der Waals surface area contributed by atoms with Crippen LogP contribution in [0.4, 0.5) is 5.69 Å². The number of phenols is 1. The van der Waals surface area contributed by atoms with Gasteiger partial charge in [-0.15, -0.1) is 0 Å². The summed E-state index contributed by atoms with van der Waals surface area (Å²) in [7, 11) is 0. The molecule has 24 heavy (non-hydrogen) atoms. The molecule has 2 heterocycles. The molecule has 0 aliphatic carbocycles. The molecule has 0 atom stereocenters. The Balaban J connectivity index is 2.17. The van der Waals surface area contributed by atoms with Crippen LogP contribution in [-0.4, -0.2) is 5.11 Å². The van der Waals surface area contributed by atoms with Crippen molar-refractivity contribution in [3.05, 3.63) is 90.9 Å². The second kappa shape index (κ2) is 4.35. The van der Waals surface area contributed by atoms with Crippen molar-refractivity contribution in [3.63, 3.8) is 0 Å². The number of para-hydroxylation sites is 2. The molecule has 0 amide bonds. The van der Waals surface area contributed by atoms with Gasteiger partial charge in [-0.3, -0.25) is 0 Å². The molecule has 0 aromatic heterocycles. The quantitative estimate of drug-likeness (QED) is 0.385. The largest absolute Gasteiger partial charge is 0.872 e. The molecule has 1 N–H and O–H groups in total. The van der Waals surface area contributed by atoms with Crippen LogP contribution < -0.4 is 20.6 Å².